The van der Waals surface area contributed by atoms with Gasteiger partial charge in [0.15, 0.2) is 11.5 Å². The van der Waals surface area contributed by atoms with Gasteiger partial charge in [0.1, 0.15) is 13.2 Å². The number of anilines is 1. The number of benzene rings is 2. The van der Waals surface area contributed by atoms with Gasteiger partial charge in [-0.05, 0) is 91.5 Å². The molecule has 1 N–H and O–H groups in total. The van der Waals surface area contributed by atoms with E-state index in [9.17, 15) is 13.2 Å². The molecule has 4 aliphatic rings. The second kappa shape index (κ2) is 9.96. The first-order chi connectivity index (χ1) is 17.3. The van der Waals surface area contributed by atoms with E-state index in [2.05, 4.69) is 17.4 Å². The van der Waals surface area contributed by atoms with Gasteiger partial charge in [-0.3, -0.25) is 9.10 Å². The van der Waals surface area contributed by atoms with E-state index in [4.69, 9.17) is 9.47 Å². The average Bonchev–Trinajstić information content (AvgIpc) is 2.84. The van der Waals surface area contributed by atoms with Gasteiger partial charge in [-0.25, -0.2) is 8.42 Å². The lowest BCUT2D eigenvalue weighted by molar-refractivity contribution is -0.119. The number of hydrogen-bond donors (Lipinski definition) is 1. The molecule has 4 fully saturated rings. The van der Waals surface area contributed by atoms with Crippen LogP contribution >= 0.6 is 0 Å². The van der Waals surface area contributed by atoms with E-state index in [0.29, 0.717) is 17.2 Å². The predicted octanol–water partition coefficient (Wildman–Crippen LogP) is 4.12. The van der Waals surface area contributed by atoms with E-state index >= 15 is 0 Å². The highest BCUT2D eigenvalue weighted by Gasteiger charge is 2.51. The normalized spacial score (nSPS) is 26.4. The second-order valence-electron chi connectivity index (χ2n) is 10.9. The fourth-order valence-corrected chi connectivity index (χ4v) is 7.98. The van der Waals surface area contributed by atoms with Gasteiger partial charge in [-0.2, -0.15) is 0 Å². The molecular weight excluding hydrogens is 476 g/mol. The number of nitrogens with one attached hydrogen (secondary N) is 1. The first-order valence-corrected chi connectivity index (χ1v) is 14.7. The molecule has 2 aromatic rings. The number of sulfonamides is 1. The molecule has 0 aliphatic heterocycles. The van der Waals surface area contributed by atoms with Crippen LogP contribution in [0.2, 0.25) is 0 Å². The Hall–Kier alpha value is -2.74. The zero-order chi connectivity index (χ0) is 25.3. The van der Waals surface area contributed by atoms with Gasteiger partial charge in [0.05, 0.1) is 25.6 Å². The minimum Gasteiger partial charge on any atom is -0.493 e. The van der Waals surface area contributed by atoms with E-state index in [-0.39, 0.29) is 31.0 Å². The van der Waals surface area contributed by atoms with Crippen molar-refractivity contribution in [1.29, 1.82) is 0 Å². The zero-order valence-corrected chi connectivity index (χ0v) is 21.9. The summed E-state index contributed by atoms with van der Waals surface area (Å²) in [4.78, 5) is 12.6. The van der Waals surface area contributed by atoms with Crippen molar-refractivity contribution < 1.29 is 22.7 Å². The number of ether oxygens (including phenoxy) is 2. The summed E-state index contributed by atoms with van der Waals surface area (Å²) in [5, 5.41) is 2.75. The highest BCUT2D eigenvalue weighted by molar-refractivity contribution is 7.92. The summed E-state index contributed by atoms with van der Waals surface area (Å²) in [6.45, 7) is 0.217. The van der Waals surface area contributed by atoms with Crippen LogP contribution in [0, 0.1) is 17.8 Å². The summed E-state index contributed by atoms with van der Waals surface area (Å²) in [5.74, 6) is 3.36. The molecule has 4 bridgehead atoms. The first kappa shape index (κ1) is 24.9. The van der Waals surface area contributed by atoms with Crippen molar-refractivity contribution in [1.82, 2.24) is 5.32 Å². The summed E-state index contributed by atoms with van der Waals surface area (Å²) < 4.78 is 37.2. The van der Waals surface area contributed by atoms with Crippen LogP contribution in [0.5, 0.6) is 11.5 Å². The van der Waals surface area contributed by atoms with Crippen molar-refractivity contribution in [3.63, 3.8) is 0 Å². The van der Waals surface area contributed by atoms with E-state index in [0.717, 1.165) is 24.0 Å². The molecule has 0 spiro atoms. The molecule has 4 aliphatic carbocycles. The smallest absolute Gasteiger partial charge is 0.240 e. The van der Waals surface area contributed by atoms with Gasteiger partial charge in [0.25, 0.3) is 0 Å². The number of hydrogen-bond acceptors (Lipinski definition) is 5. The van der Waals surface area contributed by atoms with Crippen molar-refractivity contribution >= 4 is 21.6 Å². The van der Waals surface area contributed by atoms with Crippen LogP contribution in [0.1, 0.15) is 44.1 Å². The van der Waals surface area contributed by atoms with E-state index in [1.165, 1.54) is 48.4 Å². The average molecular weight is 513 g/mol. The highest BCUT2D eigenvalue weighted by Crippen LogP contribution is 2.60. The second-order valence-corrected chi connectivity index (χ2v) is 12.8. The molecule has 0 heterocycles. The predicted molar refractivity (Wildman–Crippen MR) is 140 cm³/mol. The summed E-state index contributed by atoms with van der Waals surface area (Å²) in [7, 11) is -2.06. The molecule has 0 radical (unpaired) electrons. The lowest BCUT2D eigenvalue weighted by Gasteiger charge is -2.57. The van der Waals surface area contributed by atoms with Gasteiger partial charge < -0.3 is 14.8 Å². The minimum absolute atomic E-state index is 0.241. The van der Waals surface area contributed by atoms with Crippen LogP contribution < -0.4 is 19.1 Å². The van der Waals surface area contributed by atoms with Crippen LogP contribution in [0.25, 0.3) is 0 Å². The lowest BCUT2D eigenvalue weighted by Crippen LogP contribution is -2.48. The number of amides is 1. The summed E-state index contributed by atoms with van der Waals surface area (Å²) in [6, 6.07) is 15.2. The molecule has 6 rings (SSSR count). The largest absolute Gasteiger partial charge is 0.493 e. The minimum atomic E-state index is -3.63. The monoisotopic (exact) mass is 512 g/mol. The van der Waals surface area contributed by atoms with Crippen molar-refractivity contribution in [2.75, 3.05) is 37.4 Å². The van der Waals surface area contributed by atoms with Crippen molar-refractivity contribution in [2.45, 2.75) is 43.9 Å². The third-order valence-corrected chi connectivity index (χ3v) is 9.38. The number of para-hydroxylation sites is 2. The van der Waals surface area contributed by atoms with Crippen LogP contribution in [0.4, 0.5) is 5.69 Å². The Kier molecular flexibility index (Phi) is 6.90. The maximum Gasteiger partial charge on any atom is 0.240 e. The quantitative estimate of drug-likeness (QED) is 0.484. The van der Waals surface area contributed by atoms with Gasteiger partial charge >= 0.3 is 0 Å². The number of carbonyl (C=O) groups excluding carboxylic acids is 1. The van der Waals surface area contributed by atoms with Gasteiger partial charge in [0.2, 0.25) is 15.9 Å². The highest BCUT2D eigenvalue weighted by atomic mass is 32.2. The zero-order valence-electron chi connectivity index (χ0n) is 21.1. The van der Waals surface area contributed by atoms with E-state index < -0.39 is 10.0 Å². The molecule has 36 heavy (non-hydrogen) atoms. The SMILES string of the molecule is COc1ccccc1OCCNC(=O)CN(c1ccc(C23CC4CC(CC(C4)C2)C3)cc1)S(C)(=O)=O. The molecule has 7 nitrogen and oxygen atoms in total. The molecule has 4 saturated carbocycles. The molecule has 2 aromatic carbocycles. The van der Waals surface area contributed by atoms with Crippen LogP contribution in [-0.2, 0) is 20.2 Å². The van der Waals surface area contributed by atoms with Gasteiger partial charge in [-0.1, -0.05) is 24.3 Å². The van der Waals surface area contributed by atoms with Crippen LogP contribution in [-0.4, -0.2) is 47.4 Å². The van der Waals surface area contributed by atoms with Crippen molar-refractivity contribution in [3.05, 3.63) is 54.1 Å². The Balaban J connectivity index is 1.20. The molecule has 0 aromatic heterocycles. The Morgan fingerprint density at radius 1 is 0.972 bits per heavy atom. The number of carbonyl (C=O) groups is 1. The molecule has 1 amide bonds. The summed E-state index contributed by atoms with van der Waals surface area (Å²) in [5.41, 5.74) is 2.10. The molecule has 8 heteroatoms. The Bertz CT molecular complexity index is 1160. The van der Waals surface area contributed by atoms with Crippen LogP contribution in [0.15, 0.2) is 48.5 Å². The molecular formula is C28H36N2O5S. The Morgan fingerprint density at radius 3 is 2.11 bits per heavy atom. The van der Waals surface area contributed by atoms with E-state index in [1.807, 2.05) is 24.3 Å². The fraction of sp³-hybridized carbons (Fsp3) is 0.536. The lowest BCUT2D eigenvalue weighted by atomic mass is 9.48. The Labute approximate surface area is 214 Å². The topological polar surface area (TPSA) is 84.9 Å². The first-order valence-electron chi connectivity index (χ1n) is 12.9. The third-order valence-electron chi connectivity index (χ3n) is 8.24. The van der Waals surface area contributed by atoms with Crippen LogP contribution in [0.3, 0.4) is 0 Å². The summed E-state index contributed by atoms with van der Waals surface area (Å²) >= 11 is 0. The summed E-state index contributed by atoms with van der Waals surface area (Å²) in [6.07, 6.45) is 9.07. The standard InChI is InChI=1S/C28H36N2O5S/c1-34-25-5-3-4-6-26(25)35-12-11-29-27(31)19-30(36(2,32)33)24-9-7-23(8-10-24)28-16-20-13-21(17-28)15-22(14-20)18-28/h3-10,20-22H,11-19H2,1-2H3,(H,29,31). The van der Waals surface area contributed by atoms with Gasteiger partial charge in [0, 0.05) is 0 Å². The maximum atomic E-state index is 12.6. The molecule has 0 unspecified atom stereocenters. The maximum absolute atomic E-state index is 12.6. The number of nitrogens with zero attached hydrogens (tertiary/aromatic N) is 1. The van der Waals surface area contributed by atoms with Gasteiger partial charge in [-0.15, -0.1) is 0 Å². The van der Waals surface area contributed by atoms with Crippen molar-refractivity contribution in [2.24, 2.45) is 17.8 Å². The number of methoxy groups -OCH3 is 1. The molecule has 0 saturated heterocycles. The van der Waals surface area contributed by atoms with Crippen molar-refractivity contribution in [3.8, 4) is 11.5 Å². The van der Waals surface area contributed by atoms with E-state index in [1.54, 1.807) is 19.2 Å². The fourth-order valence-electron chi connectivity index (χ4n) is 7.12. The Morgan fingerprint density at radius 2 is 1.56 bits per heavy atom. The molecule has 0 atom stereocenters. The third kappa shape index (κ3) is 5.19. The number of rotatable bonds is 10. The molecule has 194 valence electrons.